The van der Waals surface area contributed by atoms with Crippen molar-refractivity contribution in [1.29, 1.82) is 0 Å². The zero-order chi connectivity index (χ0) is 22.6. The molecule has 1 N–H and O–H groups in total. The van der Waals surface area contributed by atoms with Gasteiger partial charge in [0.15, 0.2) is 0 Å². The topological polar surface area (TPSA) is 83.9 Å². The Hall–Kier alpha value is -3.55. The highest BCUT2D eigenvalue weighted by molar-refractivity contribution is 5.86. The average Bonchev–Trinajstić information content (AvgIpc) is 3.16. The van der Waals surface area contributed by atoms with Gasteiger partial charge in [-0.05, 0) is 24.6 Å². The first-order chi connectivity index (χ1) is 14.9. The molecule has 31 heavy (non-hydrogen) atoms. The lowest BCUT2D eigenvalue weighted by atomic mass is 10.2. The predicted molar refractivity (Wildman–Crippen MR) is 118 cm³/mol. The van der Waals surface area contributed by atoms with Crippen LogP contribution in [0.15, 0.2) is 61.3 Å². The third-order valence-corrected chi connectivity index (χ3v) is 4.63. The van der Waals surface area contributed by atoms with Gasteiger partial charge < -0.3 is 24.4 Å². The third-order valence-electron chi connectivity index (χ3n) is 4.63. The van der Waals surface area contributed by atoms with E-state index in [0.29, 0.717) is 13.1 Å². The summed E-state index contributed by atoms with van der Waals surface area (Å²) in [4.78, 5) is 40.2. The van der Waals surface area contributed by atoms with Crippen LogP contribution >= 0.6 is 0 Å². The van der Waals surface area contributed by atoms with Gasteiger partial charge in [0.1, 0.15) is 13.1 Å². The Morgan fingerprint density at radius 3 is 2.45 bits per heavy atom. The minimum Gasteiger partial charge on any atom is -0.465 e. The number of nitrogens with zero attached hydrogens (tertiary/aromatic N) is 3. The molecule has 0 aliphatic carbocycles. The summed E-state index contributed by atoms with van der Waals surface area (Å²) in [5, 5.41) is 2.49. The van der Waals surface area contributed by atoms with Crippen molar-refractivity contribution in [3.05, 3.63) is 72.6 Å². The maximum Gasteiger partial charge on any atom is 0.325 e. The molecule has 0 saturated heterocycles. The highest BCUT2D eigenvalue weighted by Crippen LogP contribution is 2.11. The number of carbonyl (C=O) groups is 3. The van der Waals surface area contributed by atoms with Crippen LogP contribution in [0.25, 0.3) is 0 Å². The van der Waals surface area contributed by atoms with Gasteiger partial charge in [0.25, 0.3) is 0 Å². The molecule has 1 heterocycles. The van der Waals surface area contributed by atoms with Crippen molar-refractivity contribution in [2.45, 2.75) is 20.0 Å². The molecular weight excluding hydrogens is 396 g/mol. The van der Waals surface area contributed by atoms with Crippen LogP contribution in [-0.4, -0.2) is 58.5 Å². The van der Waals surface area contributed by atoms with E-state index in [4.69, 9.17) is 4.74 Å². The Morgan fingerprint density at radius 1 is 1.10 bits per heavy atom. The van der Waals surface area contributed by atoms with Gasteiger partial charge in [-0.25, -0.2) is 4.79 Å². The van der Waals surface area contributed by atoms with Crippen molar-refractivity contribution in [2.75, 3.05) is 26.2 Å². The summed E-state index contributed by atoms with van der Waals surface area (Å²) in [5.74, 6) is -0.742. The number of hydrogen-bond acceptors (Lipinski definition) is 4. The molecule has 0 fully saturated rings. The van der Waals surface area contributed by atoms with E-state index in [0.717, 1.165) is 11.3 Å². The number of aryl methyl sites for hydroxylation is 1. The van der Waals surface area contributed by atoms with Gasteiger partial charge >= 0.3 is 12.0 Å². The van der Waals surface area contributed by atoms with Crippen molar-refractivity contribution < 1.29 is 19.1 Å². The molecule has 0 radical (unpaired) electrons. The lowest BCUT2D eigenvalue weighted by Gasteiger charge is -2.27. The van der Waals surface area contributed by atoms with Crippen molar-refractivity contribution in [1.82, 2.24) is 19.7 Å². The number of urea groups is 1. The van der Waals surface area contributed by atoms with Gasteiger partial charge in [-0.2, -0.15) is 0 Å². The molecule has 8 nitrogen and oxygen atoms in total. The van der Waals surface area contributed by atoms with E-state index in [1.54, 1.807) is 11.8 Å². The molecule has 8 heteroatoms. The fourth-order valence-electron chi connectivity index (χ4n) is 3.00. The van der Waals surface area contributed by atoms with Gasteiger partial charge in [-0.15, -0.1) is 6.58 Å². The molecule has 166 valence electrons. The number of hydrogen-bond donors (Lipinski definition) is 1. The van der Waals surface area contributed by atoms with Crippen LogP contribution in [0.4, 0.5) is 4.79 Å². The van der Waals surface area contributed by atoms with Crippen molar-refractivity contribution in [3.8, 4) is 0 Å². The van der Waals surface area contributed by atoms with E-state index in [1.165, 1.54) is 11.0 Å². The number of nitrogens with one attached hydrogen (secondary N) is 1. The molecule has 2 aromatic rings. The summed E-state index contributed by atoms with van der Waals surface area (Å²) in [6.07, 6.45) is 3.46. The van der Waals surface area contributed by atoms with Gasteiger partial charge in [-0.1, -0.05) is 36.4 Å². The standard InChI is InChI=1S/C23H30N4O4/c1-4-13-26(23(30)24-15-22(29)31-5-2)18-21(28)27(16-19-10-7-6-8-11-19)17-20-12-9-14-25(20)3/h4,6-12,14H,1,5,13,15-18H2,2-3H3,(H,24,30). The Kier molecular flexibility index (Phi) is 9.35. The molecule has 3 amide bonds. The first kappa shape index (κ1) is 23.7. The molecule has 0 unspecified atom stereocenters. The molecule has 0 aliphatic heterocycles. The third kappa shape index (κ3) is 7.65. The molecule has 0 saturated carbocycles. The highest BCUT2D eigenvalue weighted by atomic mass is 16.5. The van der Waals surface area contributed by atoms with Crippen LogP contribution in [0, 0.1) is 0 Å². The first-order valence-electron chi connectivity index (χ1n) is 10.2. The van der Waals surface area contributed by atoms with E-state index in [2.05, 4.69) is 11.9 Å². The summed E-state index contributed by atoms with van der Waals surface area (Å²) < 4.78 is 6.77. The monoisotopic (exact) mass is 426 g/mol. The van der Waals surface area contributed by atoms with E-state index in [-0.39, 0.29) is 32.1 Å². The van der Waals surface area contributed by atoms with Crippen molar-refractivity contribution >= 4 is 17.9 Å². The van der Waals surface area contributed by atoms with E-state index in [1.807, 2.05) is 60.3 Å². The molecule has 1 aromatic carbocycles. The number of benzene rings is 1. The fourth-order valence-corrected chi connectivity index (χ4v) is 3.00. The Bertz CT molecular complexity index is 879. The maximum atomic E-state index is 13.2. The molecule has 1 aromatic heterocycles. The number of amides is 3. The number of rotatable bonds is 11. The first-order valence-corrected chi connectivity index (χ1v) is 10.2. The zero-order valence-corrected chi connectivity index (χ0v) is 18.1. The zero-order valence-electron chi connectivity index (χ0n) is 18.1. The lowest BCUT2D eigenvalue weighted by Crippen LogP contribution is -2.47. The normalized spacial score (nSPS) is 10.3. The maximum absolute atomic E-state index is 13.2. The van der Waals surface area contributed by atoms with E-state index in [9.17, 15) is 14.4 Å². The second-order valence-corrected chi connectivity index (χ2v) is 6.98. The summed E-state index contributed by atoms with van der Waals surface area (Å²) in [6, 6.07) is 13.0. The minimum absolute atomic E-state index is 0.141. The quantitative estimate of drug-likeness (QED) is 0.442. The summed E-state index contributed by atoms with van der Waals surface area (Å²) >= 11 is 0. The second kappa shape index (κ2) is 12.2. The van der Waals surface area contributed by atoms with Crippen molar-refractivity contribution in [2.24, 2.45) is 7.05 Å². The van der Waals surface area contributed by atoms with Crippen LogP contribution in [0.1, 0.15) is 18.2 Å². The van der Waals surface area contributed by atoms with Crippen LogP contribution in [0.3, 0.4) is 0 Å². The van der Waals surface area contributed by atoms with Crippen LogP contribution in [-0.2, 0) is 34.5 Å². The highest BCUT2D eigenvalue weighted by Gasteiger charge is 2.22. The summed E-state index contributed by atoms with van der Waals surface area (Å²) in [5.41, 5.74) is 1.97. The van der Waals surface area contributed by atoms with Gasteiger partial charge in [0.05, 0.1) is 13.2 Å². The van der Waals surface area contributed by atoms with E-state index < -0.39 is 12.0 Å². The number of aromatic nitrogens is 1. The predicted octanol–water partition coefficient (Wildman–Crippen LogP) is 2.31. The van der Waals surface area contributed by atoms with E-state index >= 15 is 0 Å². The molecule has 0 aliphatic rings. The van der Waals surface area contributed by atoms with Crippen LogP contribution in [0.5, 0.6) is 0 Å². The SMILES string of the molecule is C=CCN(CC(=O)N(Cc1ccccc1)Cc1cccn1C)C(=O)NCC(=O)OCC. The largest absolute Gasteiger partial charge is 0.465 e. The van der Waals surface area contributed by atoms with Gasteiger partial charge in [-0.3, -0.25) is 9.59 Å². The van der Waals surface area contributed by atoms with Gasteiger partial charge in [0, 0.05) is 32.0 Å². The fraction of sp³-hybridized carbons (Fsp3) is 0.348. The lowest BCUT2D eigenvalue weighted by molar-refractivity contribution is -0.141. The number of esters is 1. The molecule has 0 spiro atoms. The summed E-state index contributed by atoms with van der Waals surface area (Å²) in [6.45, 7) is 6.17. The van der Waals surface area contributed by atoms with Crippen molar-refractivity contribution in [3.63, 3.8) is 0 Å². The van der Waals surface area contributed by atoms with Gasteiger partial charge in [0.2, 0.25) is 5.91 Å². The Labute approximate surface area is 183 Å². The molecule has 0 atom stereocenters. The molecule has 0 bridgehead atoms. The van der Waals surface area contributed by atoms with Crippen LogP contribution < -0.4 is 5.32 Å². The summed E-state index contributed by atoms with van der Waals surface area (Å²) in [7, 11) is 1.92. The number of carbonyl (C=O) groups excluding carboxylic acids is 3. The second-order valence-electron chi connectivity index (χ2n) is 6.98. The Balaban J connectivity index is 2.10. The molecule has 2 rings (SSSR count). The molecular formula is C23H30N4O4. The minimum atomic E-state index is -0.532. The smallest absolute Gasteiger partial charge is 0.325 e. The Morgan fingerprint density at radius 2 is 1.84 bits per heavy atom. The van der Waals surface area contributed by atoms with Crippen LogP contribution in [0.2, 0.25) is 0 Å². The average molecular weight is 427 g/mol. The number of ether oxygens (including phenoxy) is 1.